The van der Waals surface area contributed by atoms with Crippen molar-refractivity contribution in [3.63, 3.8) is 0 Å². The summed E-state index contributed by atoms with van der Waals surface area (Å²) in [4.78, 5) is 35.4. The molecule has 1 heterocycles. The van der Waals surface area contributed by atoms with E-state index in [0.29, 0.717) is 32.5 Å². The first-order chi connectivity index (χ1) is 8.87. The average molecular weight is 271 g/mol. The van der Waals surface area contributed by atoms with E-state index in [-0.39, 0.29) is 12.3 Å². The van der Waals surface area contributed by atoms with Crippen LogP contribution in [0.5, 0.6) is 0 Å². The van der Waals surface area contributed by atoms with Gasteiger partial charge in [-0.05, 0) is 32.9 Å². The molecule has 1 rings (SSSR count). The van der Waals surface area contributed by atoms with E-state index in [1.54, 1.807) is 6.92 Å². The third kappa shape index (κ3) is 4.51. The number of piperidine rings is 1. The fourth-order valence-electron chi connectivity index (χ4n) is 2.00. The highest BCUT2D eigenvalue weighted by atomic mass is 16.4. The van der Waals surface area contributed by atoms with E-state index in [1.807, 2.05) is 4.90 Å². The molecule has 1 aliphatic heterocycles. The van der Waals surface area contributed by atoms with Crippen molar-refractivity contribution in [3.8, 4) is 0 Å². The monoisotopic (exact) mass is 271 g/mol. The lowest BCUT2D eigenvalue weighted by Gasteiger charge is -2.36. The average Bonchev–Trinajstić information content (AvgIpc) is 2.37. The van der Waals surface area contributed by atoms with E-state index in [1.165, 1.54) is 7.05 Å². The van der Waals surface area contributed by atoms with Crippen molar-refractivity contribution < 1.29 is 19.5 Å². The van der Waals surface area contributed by atoms with Gasteiger partial charge >= 0.3 is 12.0 Å². The first kappa shape index (κ1) is 15.4. The largest absolute Gasteiger partial charge is 0.481 e. The van der Waals surface area contributed by atoms with Crippen molar-refractivity contribution in [1.29, 1.82) is 0 Å². The number of carboxylic acid groups (broad SMARTS) is 1. The van der Waals surface area contributed by atoms with Crippen LogP contribution in [-0.2, 0) is 9.59 Å². The molecule has 7 nitrogen and oxygen atoms in total. The van der Waals surface area contributed by atoms with Gasteiger partial charge in [0.05, 0.1) is 5.41 Å². The Hall–Kier alpha value is -1.63. The third-order valence-electron chi connectivity index (χ3n) is 3.61. The molecule has 7 heteroatoms. The van der Waals surface area contributed by atoms with Crippen LogP contribution in [0.2, 0.25) is 0 Å². The lowest BCUT2D eigenvalue weighted by Crippen LogP contribution is -2.44. The Balaban J connectivity index is 2.28. The standard InChI is InChI=1S/C12H21N3O4/c1-12(10(17)18)4-7-15(8-5-12)6-3-9(16)14-11(19)13-2/h3-8H2,1-2H3,(H,17,18)(H2,13,14,16,19). The molecule has 0 unspecified atom stereocenters. The van der Waals surface area contributed by atoms with Crippen LogP contribution in [0.3, 0.4) is 0 Å². The number of amides is 3. The third-order valence-corrected chi connectivity index (χ3v) is 3.61. The molecule has 3 N–H and O–H groups in total. The topological polar surface area (TPSA) is 98.7 Å². The molecule has 0 aromatic heterocycles. The number of aliphatic carboxylic acids is 1. The summed E-state index contributed by atoms with van der Waals surface area (Å²) in [6.45, 7) is 3.62. The van der Waals surface area contributed by atoms with E-state index in [2.05, 4.69) is 10.6 Å². The molecule has 0 radical (unpaired) electrons. The SMILES string of the molecule is CNC(=O)NC(=O)CCN1CCC(C)(C(=O)O)CC1. The number of carboxylic acids is 1. The molecule has 1 fully saturated rings. The fourth-order valence-corrected chi connectivity index (χ4v) is 2.00. The maximum absolute atomic E-state index is 11.4. The quantitative estimate of drug-likeness (QED) is 0.669. The summed E-state index contributed by atoms with van der Waals surface area (Å²) in [5, 5.41) is 13.6. The Morgan fingerprint density at radius 2 is 1.84 bits per heavy atom. The molecular formula is C12H21N3O4. The van der Waals surface area contributed by atoms with Gasteiger partial charge in [-0.25, -0.2) is 4.79 Å². The minimum atomic E-state index is -0.760. The lowest BCUT2D eigenvalue weighted by atomic mass is 9.80. The summed E-state index contributed by atoms with van der Waals surface area (Å²) in [7, 11) is 1.44. The number of imide groups is 1. The molecular weight excluding hydrogens is 250 g/mol. The maximum atomic E-state index is 11.4. The number of hydrogen-bond acceptors (Lipinski definition) is 4. The minimum Gasteiger partial charge on any atom is -0.481 e. The number of carbonyl (C=O) groups excluding carboxylic acids is 2. The van der Waals surface area contributed by atoms with Crippen molar-refractivity contribution in [2.45, 2.75) is 26.2 Å². The number of likely N-dealkylation sites (tertiary alicyclic amines) is 1. The van der Waals surface area contributed by atoms with Gasteiger partial charge in [0.2, 0.25) is 5.91 Å². The van der Waals surface area contributed by atoms with Gasteiger partial charge in [-0.2, -0.15) is 0 Å². The predicted molar refractivity (Wildman–Crippen MR) is 68.6 cm³/mol. The van der Waals surface area contributed by atoms with Crippen LogP contribution in [0, 0.1) is 5.41 Å². The molecule has 108 valence electrons. The van der Waals surface area contributed by atoms with Crippen molar-refractivity contribution in [2.24, 2.45) is 5.41 Å². The summed E-state index contributed by atoms with van der Waals surface area (Å²) in [5.74, 6) is -1.09. The second-order valence-corrected chi connectivity index (χ2v) is 5.08. The zero-order valence-electron chi connectivity index (χ0n) is 11.4. The molecule has 19 heavy (non-hydrogen) atoms. The second-order valence-electron chi connectivity index (χ2n) is 5.08. The van der Waals surface area contributed by atoms with Crippen LogP contribution < -0.4 is 10.6 Å². The number of urea groups is 1. The fraction of sp³-hybridized carbons (Fsp3) is 0.750. The minimum absolute atomic E-state index is 0.233. The second kappa shape index (κ2) is 6.51. The van der Waals surface area contributed by atoms with E-state index in [9.17, 15) is 14.4 Å². The van der Waals surface area contributed by atoms with Gasteiger partial charge in [-0.1, -0.05) is 0 Å². The van der Waals surface area contributed by atoms with Gasteiger partial charge in [-0.3, -0.25) is 14.9 Å². The van der Waals surface area contributed by atoms with E-state index in [0.717, 1.165) is 0 Å². The van der Waals surface area contributed by atoms with Crippen LogP contribution in [0.1, 0.15) is 26.2 Å². The van der Waals surface area contributed by atoms with Crippen molar-refractivity contribution >= 4 is 17.9 Å². The summed E-state index contributed by atoms with van der Waals surface area (Å²) < 4.78 is 0. The van der Waals surface area contributed by atoms with Crippen LogP contribution >= 0.6 is 0 Å². The first-order valence-electron chi connectivity index (χ1n) is 6.35. The highest BCUT2D eigenvalue weighted by Gasteiger charge is 2.36. The molecule has 0 aliphatic carbocycles. The predicted octanol–water partition coefficient (Wildman–Crippen LogP) is 0.0188. The zero-order chi connectivity index (χ0) is 14.5. The number of nitrogens with one attached hydrogen (secondary N) is 2. The summed E-state index contributed by atoms with van der Waals surface area (Å²) >= 11 is 0. The number of nitrogens with zero attached hydrogens (tertiary/aromatic N) is 1. The van der Waals surface area contributed by atoms with Gasteiger partial charge in [-0.15, -0.1) is 0 Å². The normalized spacial score (nSPS) is 18.6. The molecule has 0 atom stereocenters. The Labute approximate surface area is 112 Å². The summed E-state index contributed by atoms with van der Waals surface area (Å²) in [6.07, 6.45) is 1.40. The molecule has 0 aromatic carbocycles. The molecule has 1 aliphatic rings. The van der Waals surface area contributed by atoms with E-state index < -0.39 is 17.4 Å². The Kier molecular flexibility index (Phi) is 5.29. The molecule has 1 saturated heterocycles. The van der Waals surface area contributed by atoms with Gasteiger partial charge in [0, 0.05) is 20.0 Å². The van der Waals surface area contributed by atoms with Crippen molar-refractivity contribution in [2.75, 3.05) is 26.7 Å². The van der Waals surface area contributed by atoms with Crippen LogP contribution in [0.15, 0.2) is 0 Å². The number of carbonyl (C=O) groups is 3. The molecule has 0 bridgehead atoms. The number of hydrogen-bond donors (Lipinski definition) is 3. The lowest BCUT2D eigenvalue weighted by molar-refractivity contribution is -0.150. The zero-order valence-corrected chi connectivity index (χ0v) is 11.4. The Morgan fingerprint density at radius 3 is 2.32 bits per heavy atom. The Morgan fingerprint density at radius 1 is 1.26 bits per heavy atom. The van der Waals surface area contributed by atoms with Crippen LogP contribution in [0.25, 0.3) is 0 Å². The van der Waals surface area contributed by atoms with Crippen LogP contribution in [0.4, 0.5) is 4.79 Å². The summed E-state index contributed by atoms with van der Waals surface area (Å²) in [6, 6.07) is -0.512. The summed E-state index contributed by atoms with van der Waals surface area (Å²) in [5.41, 5.74) is -0.652. The van der Waals surface area contributed by atoms with Gasteiger partial charge < -0.3 is 15.3 Å². The first-order valence-corrected chi connectivity index (χ1v) is 6.35. The van der Waals surface area contributed by atoms with Gasteiger partial charge in [0.15, 0.2) is 0 Å². The highest BCUT2D eigenvalue weighted by Crippen LogP contribution is 2.30. The smallest absolute Gasteiger partial charge is 0.321 e. The molecule has 0 saturated carbocycles. The molecule has 0 aromatic rings. The highest BCUT2D eigenvalue weighted by molar-refractivity contribution is 5.94. The van der Waals surface area contributed by atoms with Gasteiger partial charge in [0.1, 0.15) is 0 Å². The van der Waals surface area contributed by atoms with E-state index in [4.69, 9.17) is 5.11 Å². The van der Waals surface area contributed by atoms with Crippen LogP contribution in [-0.4, -0.2) is 54.6 Å². The van der Waals surface area contributed by atoms with Crippen molar-refractivity contribution in [1.82, 2.24) is 15.5 Å². The van der Waals surface area contributed by atoms with E-state index >= 15 is 0 Å². The molecule has 0 spiro atoms. The Bertz CT molecular complexity index is 362. The van der Waals surface area contributed by atoms with Crippen molar-refractivity contribution in [3.05, 3.63) is 0 Å². The maximum Gasteiger partial charge on any atom is 0.321 e. The number of rotatable bonds is 4. The molecule has 3 amide bonds. The van der Waals surface area contributed by atoms with Gasteiger partial charge in [0.25, 0.3) is 0 Å².